The van der Waals surface area contributed by atoms with Crippen molar-refractivity contribution < 1.29 is 13.2 Å². The van der Waals surface area contributed by atoms with E-state index < -0.39 is 5.51 Å². The number of rotatable bonds is 5. The van der Waals surface area contributed by atoms with E-state index >= 15 is 0 Å². The summed E-state index contributed by atoms with van der Waals surface area (Å²) in [7, 11) is 0. The van der Waals surface area contributed by atoms with Gasteiger partial charge in [0.05, 0.1) is 0 Å². The molecule has 1 rings (SSSR count). The summed E-state index contributed by atoms with van der Waals surface area (Å²) in [4.78, 5) is 0. The molecule has 1 aliphatic carbocycles. The van der Waals surface area contributed by atoms with Crippen LogP contribution < -0.4 is 5.32 Å². The van der Waals surface area contributed by atoms with Crippen molar-refractivity contribution in [1.82, 2.24) is 5.32 Å². The SMILES string of the molecule is FC(F)(F)SCCNCC1CCCCCC1. The molecule has 0 atom stereocenters. The van der Waals surface area contributed by atoms with E-state index in [-0.39, 0.29) is 17.5 Å². The maximum atomic E-state index is 11.8. The highest BCUT2D eigenvalue weighted by atomic mass is 32.2. The lowest BCUT2D eigenvalue weighted by Crippen LogP contribution is -2.25. The van der Waals surface area contributed by atoms with Gasteiger partial charge in [-0.25, -0.2) is 0 Å². The van der Waals surface area contributed by atoms with E-state index in [9.17, 15) is 13.2 Å². The topological polar surface area (TPSA) is 12.0 Å². The Morgan fingerprint density at radius 1 is 1.06 bits per heavy atom. The standard InChI is InChI=1S/C11H20F3NS/c12-11(13,14)16-8-7-15-9-10-5-3-1-2-4-6-10/h10,15H,1-9H2. The lowest BCUT2D eigenvalue weighted by Gasteiger charge is -2.14. The molecule has 1 aliphatic rings. The Labute approximate surface area is 99.6 Å². The Kier molecular flexibility index (Phi) is 6.58. The summed E-state index contributed by atoms with van der Waals surface area (Å²) in [6.07, 6.45) is 7.67. The minimum absolute atomic E-state index is 0.0618. The highest BCUT2D eigenvalue weighted by molar-refractivity contribution is 8.00. The molecule has 1 fully saturated rings. The second-order valence-corrected chi connectivity index (χ2v) is 5.52. The fraction of sp³-hybridized carbons (Fsp3) is 1.00. The molecular weight excluding hydrogens is 235 g/mol. The maximum absolute atomic E-state index is 11.8. The monoisotopic (exact) mass is 255 g/mol. The quantitative estimate of drug-likeness (QED) is 0.592. The number of hydrogen-bond acceptors (Lipinski definition) is 2. The first-order valence-corrected chi connectivity index (χ1v) is 6.98. The van der Waals surface area contributed by atoms with Crippen LogP contribution in [-0.2, 0) is 0 Å². The van der Waals surface area contributed by atoms with Gasteiger partial charge in [0.25, 0.3) is 0 Å². The summed E-state index contributed by atoms with van der Waals surface area (Å²) in [5.74, 6) is 0.800. The van der Waals surface area contributed by atoms with Crippen LogP contribution in [0.3, 0.4) is 0 Å². The fourth-order valence-electron chi connectivity index (χ4n) is 2.11. The number of alkyl halides is 3. The van der Waals surface area contributed by atoms with Gasteiger partial charge in [0.15, 0.2) is 0 Å². The van der Waals surface area contributed by atoms with E-state index in [1.165, 1.54) is 38.5 Å². The third kappa shape index (κ3) is 7.39. The zero-order valence-corrected chi connectivity index (χ0v) is 10.3. The zero-order chi connectivity index (χ0) is 11.9. The third-order valence-corrected chi connectivity index (χ3v) is 3.69. The molecule has 0 heterocycles. The first kappa shape index (κ1) is 14.2. The van der Waals surface area contributed by atoms with E-state index in [0.29, 0.717) is 12.5 Å². The van der Waals surface area contributed by atoms with Crippen molar-refractivity contribution in [3.05, 3.63) is 0 Å². The van der Waals surface area contributed by atoms with Gasteiger partial charge in [-0.1, -0.05) is 25.7 Å². The molecule has 1 saturated carbocycles. The van der Waals surface area contributed by atoms with Crippen molar-refractivity contribution in [3.63, 3.8) is 0 Å². The lowest BCUT2D eigenvalue weighted by molar-refractivity contribution is -0.0327. The molecule has 0 unspecified atom stereocenters. The van der Waals surface area contributed by atoms with Gasteiger partial charge in [0, 0.05) is 12.3 Å². The van der Waals surface area contributed by atoms with Crippen molar-refractivity contribution >= 4 is 11.8 Å². The number of nitrogens with one attached hydrogen (secondary N) is 1. The Bertz CT molecular complexity index is 177. The van der Waals surface area contributed by atoms with Gasteiger partial charge in [0.2, 0.25) is 0 Å². The summed E-state index contributed by atoms with van der Waals surface area (Å²) in [6, 6.07) is 0. The molecule has 0 spiro atoms. The van der Waals surface area contributed by atoms with Crippen LogP contribution in [0.2, 0.25) is 0 Å². The molecule has 0 aromatic heterocycles. The van der Waals surface area contributed by atoms with Crippen molar-refractivity contribution in [2.45, 2.75) is 44.0 Å². The minimum Gasteiger partial charge on any atom is -0.316 e. The van der Waals surface area contributed by atoms with Crippen LogP contribution in [0, 0.1) is 5.92 Å². The maximum Gasteiger partial charge on any atom is 0.441 e. The van der Waals surface area contributed by atoms with Gasteiger partial charge in [-0.05, 0) is 37.1 Å². The molecule has 5 heteroatoms. The molecule has 0 radical (unpaired) electrons. The van der Waals surface area contributed by atoms with Crippen LogP contribution >= 0.6 is 11.8 Å². The number of thioether (sulfide) groups is 1. The molecule has 0 bridgehead atoms. The molecule has 1 N–H and O–H groups in total. The van der Waals surface area contributed by atoms with Gasteiger partial charge in [0.1, 0.15) is 0 Å². The Morgan fingerprint density at radius 2 is 1.69 bits per heavy atom. The summed E-state index contributed by atoms with van der Waals surface area (Å²) < 4.78 is 35.5. The first-order chi connectivity index (χ1) is 7.58. The highest BCUT2D eigenvalue weighted by Gasteiger charge is 2.27. The minimum atomic E-state index is -4.08. The summed E-state index contributed by atoms with van der Waals surface area (Å²) in [5.41, 5.74) is -4.08. The largest absolute Gasteiger partial charge is 0.441 e. The summed E-state index contributed by atoms with van der Waals surface area (Å²) in [6.45, 7) is 1.35. The van der Waals surface area contributed by atoms with Crippen molar-refractivity contribution in [1.29, 1.82) is 0 Å². The zero-order valence-electron chi connectivity index (χ0n) is 9.48. The van der Waals surface area contributed by atoms with Crippen LogP contribution in [0.15, 0.2) is 0 Å². The number of halogens is 3. The predicted molar refractivity (Wildman–Crippen MR) is 62.6 cm³/mol. The Hall–Kier alpha value is 0.1000. The molecule has 0 aromatic rings. The second kappa shape index (κ2) is 7.43. The summed E-state index contributed by atoms with van der Waals surface area (Å²) in [5, 5.41) is 3.13. The Balaban J connectivity index is 1.97. The van der Waals surface area contributed by atoms with Gasteiger partial charge in [-0.15, -0.1) is 0 Å². The van der Waals surface area contributed by atoms with Crippen molar-refractivity contribution in [2.75, 3.05) is 18.8 Å². The molecule has 0 aromatic carbocycles. The summed E-state index contributed by atoms with van der Waals surface area (Å²) >= 11 is 0.0618. The van der Waals surface area contributed by atoms with Crippen LogP contribution in [-0.4, -0.2) is 24.4 Å². The van der Waals surface area contributed by atoms with E-state index in [2.05, 4.69) is 5.32 Å². The van der Waals surface area contributed by atoms with E-state index in [1.54, 1.807) is 0 Å². The Morgan fingerprint density at radius 3 is 2.25 bits per heavy atom. The normalized spacial score (nSPS) is 19.7. The molecule has 0 aliphatic heterocycles. The van der Waals surface area contributed by atoms with E-state index in [4.69, 9.17) is 0 Å². The van der Waals surface area contributed by atoms with Gasteiger partial charge >= 0.3 is 5.51 Å². The smallest absolute Gasteiger partial charge is 0.316 e. The average molecular weight is 255 g/mol. The van der Waals surface area contributed by atoms with E-state index in [1.807, 2.05) is 0 Å². The van der Waals surface area contributed by atoms with Crippen LogP contribution in [0.25, 0.3) is 0 Å². The predicted octanol–water partition coefficient (Wildman–Crippen LogP) is 3.80. The van der Waals surface area contributed by atoms with Crippen molar-refractivity contribution in [3.8, 4) is 0 Å². The molecule has 96 valence electrons. The van der Waals surface area contributed by atoms with Crippen LogP contribution in [0.1, 0.15) is 38.5 Å². The van der Waals surface area contributed by atoms with Crippen molar-refractivity contribution in [2.24, 2.45) is 5.92 Å². The fourth-order valence-corrected chi connectivity index (χ4v) is 2.59. The third-order valence-electron chi connectivity index (χ3n) is 2.95. The molecular formula is C11H20F3NS. The number of hydrogen-bond donors (Lipinski definition) is 1. The molecule has 16 heavy (non-hydrogen) atoms. The average Bonchev–Trinajstić information content (AvgIpc) is 2.44. The van der Waals surface area contributed by atoms with Gasteiger partial charge in [-0.3, -0.25) is 0 Å². The lowest BCUT2D eigenvalue weighted by atomic mass is 10.0. The second-order valence-electron chi connectivity index (χ2n) is 4.36. The molecule has 0 amide bonds. The van der Waals surface area contributed by atoms with Gasteiger partial charge in [-0.2, -0.15) is 13.2 Å². The molecule has 1 nitrogen and oxygen atoms in total. The van der Waals surface area contributed by atoms with Crippen LogP contribution in [0.5, 0.6) is 0 Å². The van der Waals surface area contributed by atoms with Gasteiger partial charge < -0.3 is 5.32 Å². The van der Waals surface area contributed by atoms with E-state index in [0.717, 1.165) is 6.54 Å². The molecule has 0 saturated heterocycles. The highest BCUT2D eigenvalue weighted by Crippen LogP contribution is 2.29. The van der Waals surface area contributed by atoms with Crippen LogP contribution in [0.4, 0.5) is 13.2 Å². The first-order valence-electron chi connectivity index (χ1n) is 5.99.